The molecule has 202 valence electrons. The van der Waals surface area contributed by atoms with Gasteiger partial charge in [0.25, 0.3) is 0 Å². The van der Waals surface area contributed by atoms with Crippen molar-refractivity contribution in [1.82, 2.24) is 24.6 Å². The van der Waals surface area contributed by atoms with Crippen molar-refractivity contribution >= 4 is 23.1 Å². The first-order valence-electron chi connectivity index (χ1n) is 13.9. The lowest BCUT2D eigenvalue weighted by Crippen LogP contribution is -2.47. The quantitative estimate of drug-likeness (QED) is 0.303. The van der Waals surface area contributed by atoms with Crippen LogP contribution in [0.1, 0.15) is 30.1 Å². The molecule has 0 aliphatic carbocycles. The number of pyridine rings is 2. The Morgan fingerprint density at radius 1 is 0.775 bits per heavy atom. The number of anilines is 3. The molecule has 2 aliphatic rings. The van der Waals surface area contributed by atoms with E-state index in [-0.39, 0.29) is 11.9 Å². The van der Waals surface area contributed by atoms with Gasteiger partial charge in [0, 0.05) is 38.4 Å². The van der Waals surface area contributed by atoms with E-state index in [1.54, 1.807) is 12.1 Å². The number of piperazine rings is 1. The van der Waals surface area contributed by atoms with E-state index < -0.39 is 0 Å². The average Bonchev–Trinajstić information content (AvgIpc) is 3.65. The molecule has 0 radical (unpaired) electrons. The average molecular weight is 535 g/mol. The lowest BCUT2D eigenvalue weighted by atomic mass is 10.0. The maximum Gasteiger partial charge on any atom is 0.154 e. The SMILES string of the molecule is Cc1cccc(N2CCN(c3cccc(-c4cnc5ccc(N6CCC[C@@H]6c6cccc(F)c6)nn45)n3)CC2)n1. The van der Waals surface area contributed by atoms with E-state index >= 15 is 0 Å². The summed E-state index contributed by atoms with van der Waals surface area (Å²) in [5, 5.41) is 5.00. The predicted molar refractivity (Wildman–Crippen MR) is 155 cm³/mol. The molecule has 40 heavy (non-hydrogen) atoms. The highest BCUT2D eigenvalue weighted by atomic mass is 19.1. The molecular weight excluding hydrogens is 503 g/mol. The Labute approximate surface area is 232 Å². The Bertz CT molecular complexity index is 1660. The minimum absolute atomic E-state index is 0.0998. The number of hydrogen-bond donors (Lipinski definition) is 0. The van der Waals surface area contributed by atoms with Crippen molar-refractivity contribution in [2.45, 2.75) is 25.8 Å². The standard InChI is InChI=1S/C31H31FN8/c1-22-6-2-11-29(34-22)37-16-18-38(19-17-37)30-12-4-9-25(35-30)27-21-33-28-13-14-31(36-40(27)28)39-15-5-10-26(39)23-7-3-8-24(32)20-23/h2-4,6-9,11-14,20-21,26H,5,10,15-19H2,1H3/t26-/m1/s1. The summed E-state index contributed by atoms with van der Waals surface area (Å²) in [5.41, 5.74) is 4.47. The molecule has 4 aromatic heterocycles. The minimum Gasteiger partial charge on any atom is -0.353 e. The largest absolute Gasteiger partial charge is 0.353 e. The summed E-state index contributed by atoms with van der Waals surface area (Å²) in [6.45, 7) is 6.44. The molecular formula is C31H31FN8. The van der Waals surface area contributed by atoms with Crippen molar-refractivity contribution in [2.75, 3.05) is 47.4 Å². The van der Waals surface area contributed by atoms with Crippen LogP contribution in [0.25, 0.3) is 17.0 Å². The third-order valence-corrected chi connectivity index (χ3v) is 7.93. The molecule has 6 heterocycles. The number of nitrogens with zero attached hydrogens (tertiary/aromatic N) is 8. The number of hydrogen-bond acceptors (Lipinski definition) is 7. The van der Waals surface area contributed by atoms with Crippen LogP contribution >= 0.6 is 0 Å². The van der Waals surface area contributed by atoms with Gasteiger partial charge in [0.05, 0.1) is 17.9 Å². The van der Waals surface area contributed by atoms with E-state index in [2.05, 4.69) is 48.9 Å². The Morgan fingerprint density at radius 2 is 1.52 bits per heavy atom. The van der Waals surface area contributed by atoms with Crippen LogP contribution in [0.5, 0.6) is 0 Å². The summed E-state index contributed by atoms with van der Waals surface area (Å²) >= 11 is 0. The molecule has 9 heteroatoms. The molecule has 2 fully saturated rings. The monoisotopic (exact) mass is 534 g/mol. The summed E-state index contributed by atoms with van der Waals surface area (Å²) in [6.07, 6.45) is 3.85. The number of aromatic nitrogens is 5. The molecule has 2 aliphatic heterocycles. The first-order valence-corrected chi connectivity index (χ1v) is 13.9. The van der Waals surface area contributed by atoms with Crippen molar-refractivity contribution in [3.63, 3.8) is 0 Å². The fourth-order valence-electron chi connectivity index (χ4n) is 5.90. The fraction of sp³-hybridized carbons (Fsp3) is 0.290. The zero-order valence-corrected chi connectivity index (χ0v) is 22.5. The van der Waals surface area contributed by atoms with Crippen molar-refractivity contribution in [1.29, 1.82) is 0 Å². The van der Waals surface area contributed by atoms with Crippen molar-refractivity contribution in [3.8, 4) is 11.4 Å². The maximum absolute atomic E-state index is 14.0. The number of imidazole rings is 1. The van der Waals surface area contributed by atoms with Gasteiger partial charge >= 0.3 is 0 Å². The lowest BCUT2D eigenvalue weighted by Gasteiger charge is -2.36. The zero-order chi connectivity index (χ0) is 27.1. The van der Waals surface area contributed by atoms with E-state index in [0.717, 1.165) is 91.3 Å². The number of halogens is 1. The molecule has 1 aromatic carbocycles. The van der Waals surface area contributed by atoms with Gasteiger partial charge < -0.3 is 14.7 Å². The van der Waals surface area contributed by atoms with Crippen LogP contribution in [0, 0.1) is 12.7 Å². The molecule has 2 saturated heterocycles. The second-order valence-electron chi connectivity index (χ2n) is 10.5. The highest BCUT2D eigenvalue weighted by Crippen LogP contribution is 2.36. The van der Waals surface area contributed by atoms with Crippen LogP contribution in [0.15, 0.2) is 79.0 Å². The first-order chi connectivity index (χ1) is 19.6. The van der Waals surface area contributed by atoms with Gasteiger partial charge in [-0.15, -0.1) is 5.10 Å². The van der Waals surface area contributed by atoms with Crippen LogP contribution in [0.4, 0.5) is 21.8 Å². The van der Waals surface area contributed by atoms with Crippen LogP contribution < -0.4 is 14.7 Å². The van der Waals surface area contributed by atoms with Crippen molar-refractivity contribution in [2.24, 2.45) is 0 Å². The van der Waals surface area contributed by atoms with Gasteiger partial charge in [-0.05, 0) is 73.9 Å². The van der Waals surface area contributed by atoms with E-state index in [9.17, 15) is 4.39 Å². The fourth-order valence-corrected chi connectivity index (χ4v) is 5.90. The summed E-state index contributed by atoms with van der Waals surface area (Å²) in [7, 11) is 0. The second-order valence-corrected chi connectivity index (χ2v) is 10.5. The molecule has 0 saturated carbocycles. The summed E-state index contributed by atoms with van der Waals surface area (Å²) < 4.78 is 15.9. The van der Waals surface area contributed by atoms with Gasteiger partial charge in [-0.1, -0.05) is 24.3 Å². The number of aryl methyl sites for hydroxylation is 1. The smallest absolute Gasteiger partial charge is 0.154 e. The Morgan fingerprint density at radius 3 is 2.30 bits per heavy atom. The predicted octanol–water partition coefficient (Wildman–Crippen LogP) is 5.30. The summed E-state index contributed by atoms with van der Waals surface area (Å²) in [6, 6.07) is 23.3. The van der Waals surface area contributed by atoms with Gasteiger partial charge in [0.1, 0.15) is 29.0 Å². The van der Waals surface area contributed by atoms with E-state index in [4.69, 9.17) is 10.1 Å². The van der Waals surface area contributed by atoms with Crippen molar-refractivity contribution in [3.05, 3.63) is 96.1 Å². The molecule has 1 atom stereocenters. The van der Waals surface area contributed by atoms with Gasteiger partial charge in [-0.25, -0.2) is 23.9 Å². The second kappa shape index (κ2) is 10.2. The van der Waals surface area contributed by atoms with Gasteiger partial charge in [0.15, 0.2) is 5.65 Å². The molecule has 0 spiro atoms. The number of rotatable bonds is 5. The number of fused-ring (bicyclic) bond motifs is 1. The molecule has 5 aromatic rings. The maximum atomic E-state index is 14.0. The van der Waals surface area contributed by atoms with E-state index in [1.165, 1.54) is 6.07 Å². The van der Waals surface area contributed by atoms with E-state index in [1.807, 2.05) is 48.0 Å². The highest BCUT2D eigenvalue weighted by Gasteiger charge is 2.28. The summed E-state index contributed by atoms with van der Waals surface area (Å²) in [5.74, 6) is 2.64. The minimum atomic E-state index is -0.205. The molecule has 0 N–H and O–H groups in total. The van der Waals surface area contributed by atoms with Crippen molar-refractivity contribution < 1.29 is 4.39 Å². The van der Waals surface area contributed by atoms with Crippen LogP contribution in [-0.2, 0) is 0 Å². The third-order valence-electron chi connectivity index (χ3n) is 7.93. The molecule has 7 rings (SSSR count). The third kappa shape index (κ3) is 4.61. The van der Waals surface area contributed by atoms with Gasteiger partial charge in [-0.2, -0.15) is 0 Å². The van der Waals surface area contributed by atoms with E-state index in [0.29, 0.717) is 0 Å². The molecule has 0 unspecified atom stereocenters. The first kappa shape index (κ1) is 24.5. The van der Waals surface area contributed by atoms with Crippen LogP contribution in [0.2, 0.25) is 0 Å². The topological polar surface area (TPSA) is 65.7 Å². The Hall–Kier alpha value is -4.53. The highest BCUT2D eigenvalue weighted by molar-refractivity contribution is 5.63. The van der Waals surface area contributed by atoms with Gasteiger partial charge in [0.2, 0.25) is 0 Å². The molecule has 8 nitrogen and oxygen atoms in total. The number of benzene rings is 1. The van der Waals surface area contributed by atoms with Gasteiger partial charge in [-0.3, -0.25) is 0 Å². The molecule has 0 amide bonds. The zero-order valence-electron chi connectivity index (χ0n) is 22.5. The lowest BCUT2D eigenvalue weighted by molar-refractivity contribution is 0.617. The van der Waals surface area contributed by atoms with Crippen LogP contribution in [-0.4, -0.2) is 57.3 Å². The Kier molecular flexibility index (Phi) is 6.26. The van der Waals surface area contributed by atoms with Crippen LogP contribution in [0.3, 0.4) is 0 Å². The Balaban J connectivity index is 1.14. The summed E-state index contributed by atoms with van der Waals surface area (Å²) in [4.78, 5) is 21.3. The molecule has 0 bridgehead atoms. The normalized spacial score (nSPS) is 17.6.